The Morgan fingerprint density at radius 3 is 2.86 bits per heavy atom. The van der Waals surface area contributed by atoms with E-state index in [0.717, 1.165) is 17.2 Å². The molecule has 0 radical (unpaired) electrons. The fourth-order valence-electron chi connectivity index (χ4n) is 2.49. The molecule has 0 spiro atoms. The van der Waals surface area contributed by atoms with Crippen LogP contribution in [0.25, 0.3) is 0 Å². The Bertz CT molecular complexity index is 594. The van der Waals surface area contributed by atoms with Gasteiger partial charge in [-0.25, -0.2) is 4.98 Å². The maximum atomic E-state index is 9.99. The van der Waals surface area contributed by atoms with E-state index in [2.05, 4.69) is 17.1 Å². The van der Waals surface area contributed by atoms with Crippen molar-refractivity contribution >= 4 is 24.2 Å². The van der Waals surface area contributed by atoms with Gasteiger partial charge in [0.25, 0.3) is 0 Å². The lowest BCUT2D eigenvalue weighted by Crippen LogP contribution is -2.20. The highest BCUT2D eigenvalue weighted by Gasteiger charge is 2.12. The van der Waals surface area contributed by atoms with Gasteiger partial charge in [-0.1, -0.05) is 12.1 Å². The number of ether oxygens (including phenoxy) is 1. The van der Waals surface area contributed by atoms with E-state index in [9.17, 15) is 5.11 Å². The van der Waals surface area contributed by atoms with Crippen LogP contribution in [-0.2, 0) is 12.8 Å². The Morgan fingerprint density at radius 1 is 1.18 bits per heavy atom. The van der Waals surface area contributed by atoms with Crippen molar-refractivity contribution in [2.45, 2.75) is 30.4 Å². The van der Waals surface area contributed by atoms with E-state index in [-0.39, 0.29) is 12.4 Å². The van der Waals surface area contributed by atoms with Crippen LogP contribution >= 0.6 is 24.2 Å². The van der Waals surface area contributed by atoms with Crippen molar-refractivity contribution in [1.82, 2.24) is 4.98 Å². The number of fused-ring (bicyclic) bond motifs is 1. The zero-order chi connectivity index (χ0) is 14.5. The minimum absolute atomic E-state index is 0. The molecule has 3 rings (SSSR count). The van der Waals surface area contributed by atoms with Crippen LogP contribution in [0.5, 0.6) is 5.75 Å². The van der Waals surface area contributed by atoms with Crippen LogP contribution < -0.4 is 4.74 Å². The summed E-state index contributed by atoms with van der Waals surface area (Å²) in [5.74, 6) is 1.44. The highest BCUT2D eigenvalue weighted by Crippen LogP contribution is 2.26. The van der Waals surface area contributed by atoms with Gasteiger partial charge in [0.05, 0.1) is 11.1 Å². The third-order valence-corrected chi connectivity index (χ3v) is 4.66. The Labute approximate surface area is 141 Å². The molecular formula is C17H20ClNO2S. The summed E-state index contributed by atoms with van der Waals surface area (Å²) in [6.45, 7) is 0.318. The molecule has 1 atom stereocenters. The predicted octanol–water partition coefficient (Wildman–Crippen LogP) is 3.52. The van der Waals surface area contributed by atoms with Crippen molar-refractivity contribution in [3.63, 3.8) is 0 Å². The van der Waals surface area contributed by atoms with E-state index in [4.69, 9.17) is 4.74 Å². The first kappa shape index (κ1) is 17.1. The molecule has 0 fully saturated rings. The van der Waals surface area contributed by atoms with Crippen LogP contribution in [-0.4, -0.2) is 28.6 Å². The summed E-state index contributed by atoms with van der Waals surface area (Å²) in [5.41, 5.74) is 2.83. The van der Waals surface area contributed by atoms with Crippen LogP contribution in [0.4, 0.5) is 0 Å². The van der Waals surface area contributed by atoms with E-state index in [1.54, 1.807) is 18.0 Å². The van der Waals surface area contributed by atoms with Crippen LogP contribution in [0.15, 0.2) is 47.6 Å². The molecule has 3 nitrogen and oxygen atoms in total. The van der Waals surface area contributed by atoms with Crippen molar-refractivity contribution < 1.29 is 9.84 Å². The number of benzene rings is 1. The number of aromatic nitrogens is 1. The average molecular weight is 338 g/mol. The molecular weight excluding hydrogens is 318 g/mol. The molecule has 1 unspecified atom stereocenters. The highest BCUT2D eigenvalue weighted by molar-refractivity contribution is 7.99. The number of rotatable bonds is 6. The van der Waals surface area contributed by atoms with E-state index in [1.807, 2.05) is 24.3 Å². The van der Waals surface area contributed by atoms with Gasteiger partial charge in [0.2, 0.25) is 0 Å². The molecule has 0 bridgehead atoms. The second kappa shape index (κ2) is 8.42. The molecule has 0 aliphatic heterocycles. The first-order chi connectivity index (χ1) is 10.3. The maximum Gasteiger partial charge on any atom is 0.119 e. The molecule has 1 aromatic heterocycles. The fourth-order valence-corrected chi connectivity index (χ4v) is 3.26. The highest BCUT2D eigenvalue weighted by atomic mass is 35.5. The van der Waals surface area contributed by atoms with Crippen molar-refractivity contribution in [3.05, 3.63) is 53.7 Å². The minimum Gasteiger partial charge on any atom is -0.491 e. The van der Waals surface area contributed by atoms with E-state index >= 15 is 0 Å². The number of aliphatic hydroxyl groups excluding tert-OH is 1. The number of hydrogen-bond donors (Lipinski definition) is 1. The van der Waals surface area contributed by atoms with Crippen LogP contribution in [0.2, 0.25) is 0 Å². The molecule has 5 heteroatoms. The standard InChI is InChI=1S/C17H19NO2S.ClH/c19-15(12-21-17-6-1-2-9-18-17)11-20-16-8-7-13-4-3-5-14(13)10-16;/h1-2,6-10,15,19H,3-5,11-12H2;1H. The van der Waals surface area contributed by atoms with Gasteiger partial charge in [-0.15, -0.1) is 24.2 Å². The Balaban J connectivity index is 0.00000176. The van der Waals surface area contributed by atoms with E-state index < -0.39 is 6.10 Å². The fraction of sp³-hybridized carbons (Fsp3) is 0.353. The molecule has 1 aliphatic carbocycles. The third-order valence-electron chi connectivity index (χ3n) is 3.57. The number of hydrogen-bond acceptors (Lipinski definition) is 4. The lowest BCUT2D eigenvalue weighted by atomic mass is 10.1. The van der Waals surface area contributed by atoms with E-state index in [0.29, 0.717) is 12.4 Å². The molecule has 1 heterocycles. The molecule has 1 aliphatic rings. The lowest BCUT2D eigenvalue weighted by molar-refractivity contribution is 0.126. The summed E-state index contributed by atoms with van der Waals surface area (Å²) in [4.78, 5) is 4.22. The lowest BCUT2D eigenvalue weighted by Gasteiger charge is -2.12. The van der Waals surface area contributed by atoms with Crippen LogP contribution in [0, 0.1) is 0 Å². The number of pyridine rings is 1. The first-order valence-electron chi connectivity index (χ1n) is 7.28. The Kier molecular flexibility index (Phi) is 6.55. The second-order valence-corrected chi connectivity index (χ2v) is 6.27. The van der Waals surface area contributed by atoms with Gasteiger partial charge in [-0.2, -0.15) is 0 Å². The summed E-state index contributed by atoms with van der Waals surface area (Å²) >= 11 is 1.54. The van der Waals surface area contributed by atoms with Gasteiger partial charge in [0.15, 0.2) is 0 Å². The zero-order valence-corrected chi connectivity index (χ0v) is 13.9. The van der Waals surface area contributed by atoms with Crippen molar-refractivity contribution in [2.24, 2.45) is 0 Å². The summed E-state index contributed by atoms with van der Waals surface area (Å²) in [5, 5.41) is 10.9. The van der Waals surface area contributed by atoms with Gasteiger partial charge in [-0.05, 0) is 54.7 Å². The van der Waals surface area contributed by atoms with Gasteiger partial charge in [0.1, 0.15) is 12.4 Å². The summed E-state index contributed by atoms with van der Waals surface area (Å²) in [6.07, 6.45) is 4.83. The molecule has 1 N–H and O–H groups in total. The van der Waals surface area contributed by atoms with Gasteiger partial charge < -0.3 is 9.84 Å². The summed E-state index contributed by atoms with van der Waals surface area (Å²) in [6, 6.07) is 12.0. The Hall–Kier alpha value is -1.23. The second-order valence-electron chi connectivity index (χ2n) is 5.23. The molecule has 22 heavy (non-hydrogen) atoms. The number of nitrogens with zero attached hydrogens (tertiary/aromatic N) is 1. The Morgan fingerprint density at radius 2 is 2.05 bits per heavy atom. The van der Waals surface area contributed by atoms with Crippen molar-refractivity contribution in [2.75, 3.05) is 12.4 Å². The normalized spacial score (nSPS) is 14.0. The minimum atomic E-state index is -0.495. The summed E-state index contributed by atoms with van der Waals surface area (Å²) in [7, 11) is 0. The molecule has 1 aromatic carbocycles. The zero-order valence-electron chi connectivity index (χ0n) is 12.3. The first-order valence-corrected chi connectivity index (χ1v) is 8.26. The molecule has 118 valence electrons. The monoisotopic (exact) mass is 337 g/mol. The van der Waals surface area contributed by atoms with E-state index in [1.165, 1.54) is 24.0 Å². The van der Waals surface area contributed by atoms with Crippen LogP contribution in [0.1, 0.15) is 17.5 Å². The number of thioether (sulfide) groups is 1. The summed E-state index contributed by atoms with van der Waals surface area (Å²) < 4.78 is 5.70. The topological polar surface area (TPSA) is 42.4 Å². The van der Waals surface area contributed by atoms with Gasteiger partial charge >= 0.3 is 0 Å². The van der Waals surface area contributed by atoms with Gasteiger partial charge in [-0.3, -0.25) is 0 Å². The van der Waals surface area contributed by atoms with Crippen molar-refractivity contribution in [1.29, 1.82) is 0 Å². The number of aryl methyl sites for hydroxylation is 2. The molecule has 0 saturated heterocycles. The molecule has 0 saturated carbocycles. The smallest absolute Gasteiger partial charge is 0.119 e. The third kappa shape index (κ3) is 4.63. The number of aliphatic hydroxyl groups is 1. The molecule has 0 amide bonds. The number of halogens is 1. The maximum absolute atomic E-state index is 9.99. The van der Waals surface area contributed by atoms with Crippen molar-refractivity contribution in [3.8, 4) is 5.75 Å². The van der Waals surface area contributed by atoms with Crippen LogP contribution in [0.3, 0.4) is 0 Å². The van der Waals surface area contributed by atoms with Gasteiger partial charge in [0, 0.05) is 11.9 Å². The predicted molar refractivity (Wildman–Crippen MR) is 92.2 cm³/mol. The SMILES string of the molecule is Cl.OC(COc1ccc2c(c1)CCC2)CSc1ccccn1. The molecule has 2 aromatic rings. The largest absolute Gasteiger partial charge is 0.491 e. The average Bonchev–Trinajstić information content (AvgIpc) is 2.99. The quantitative estimate of drug-likeness (QED) is 0.819.